The summed E-state index contributed by atoms with van der Waals surface area (Å²) in [5, 5.41) is 5.38. The van der Waals surface area contributed by atoms with Crippen LogP contribution in [0.5, 0.6) is 0 Å². The molecule has 0 radical (unpaired) electrons. The van der Waals surface area contributed by atoms with Gasteiger partial charge >= 0.3 is 0 Å². The van der Waals surface area contributed by atoms with E-state index in [4.69, 9.17) is 4.74 Å². The highest BCUT2D eigenvalue weighted by atomic mass is 19.1. The number of benzene rings is 1. The molecule has 0 atom stereocenters. The molecule has 0 saturated heterocycles. The summed E-state index contributed by atoms with van der Waals surface area (Å²) in [4.78, 5) is 11.4. The molecule has 0 saturated carbocycles. The fourth-order valence-corrected chi connectivity index (χ4v) is 1.25. The van der Waals surface area contributed by atoms with Crippen molar-refractivity contribution in [1.82, 2.24) is 5.32 Å². The second kappa shape index (κ2) is 7.76. The number of hydrogen-bond donors (Lipinski definition) is 2. The zero-order chi connectivity index (χ0) is 12.5. The van der Waals surface area contributed by atoms with E-state index in [-0.39, 0.29) is 18.1 Å². The molecule has 2 N–H and O–H groups in total. The van der Waals surface area contributed by atoms with E-state index < -0.39 is 5.82 Å². The Labute approximate surface area is 100 Å². The highest BCUT2D eigenvalue weighted by Crippen LogP contribution is 2.11. The van der Waals surface area contributed by atoms with E-state index in [9.17, 15) is 9.18 Å². The van der Waals surface area contributed by atoms with E-state index in [1.807, 2.05) is 6.92 Å². The van der Waals surface area contributed by atoms with Crippen molar-refractivity contribution in [1.29, 1.82) is 0 Å². The lowest BCUT2D eigenvalue weighted by molar-refractivity contribution is -0.115. The number of amides is 1. The fourth-order valence-electron chi connectivity index (χ4n) is 1.25. The van der Waals surface area contributed by atoms with Crippen LogP contribution < -0.4 is 10.6 Å². The smallest absolute Gasteiger partial charge is 0.238 e. The number of ether oxygens (including phenoxy) is 1. The van der Waals surface area contributed by atoms with Gasteiger partial charge in [0.1, 0.15) is 5.82 Å². The Hall–Kier alpha value is -1.46. The monoisotopic (exact) mass is 240 g/mol. The van der Waals surface area contributed by atoms with Gasteiger partial charge < -0.3 is 15.4 Å². The van der Waals surface area contributed by atoms with Crippen molar-refractivity contribution in [2.24, 2.45) is 0 Å². The molecule has 0 fully saturated rings. The predicted molar refractivity (Wildman–Crippen MR) is 64.4 cm³/mol. The molecular formula is C12H17FN2O2. The Morgan fingerprint density at radius 1 is 1.41 bits per heavy atom. The minimum Gasteiger partial charge on any atom is -0.380 e. The molecule has 94 valence electrons. The minimum atomic E-state index is -0.435. The van der Waals surface area contributed by atoms with Crippen molar-refractivity contribution in [2.45, 2.75) is 6.92 Å². The van der Waals surface area contributed by atoms with Crippen LogP contribution in [-0.2, 0) is 9.53 Å². The lowest BCUT2D eigenvalue weighted by atomic mass is 10.3. The van der Waals surface area contributed by atoms with Gasteiger partial charge in [-0.25, -0.2) is 4.39 Å². The number of nitrogens with one attached hydrogen (secondary N) is 2. The molecule has 0 spiro atoms. The average molecular weight is 240 g/mol. The quantitative estimate of drug-likeness (QED) is 0.708. The largest absolute Gasteiger partial charge is 0.380 e. The fraction of sp³-hybridized carbons (Fsp3) is 0.417. The van der Waals surface area contributed by atoms with Gasteiger partial charge in [-0.05, 0) is 19.1 Å². The summed E-state index contributed by atoms with van der Waals surface area (Å²) >= 11 is 0. The Morgan fingerprint density at radius 2 is 2.18 bits per heavy atom. The van der Waals surface area contributed by atoms with Gasteiger partial charge in [-0.3, -0.25) is 4.79 Å². The van der Waals surface area contributed by atoms with Crippen molar-refractivity contribution < 1.29 is 13.9 Å². The van der Waals surface area contributed by atoms with Gasteiger partial charge in [0.2, 0.25) is 5.91 Å². The zero-order valence-corrected chi connectivity index (χ0v) is 9.83. The second-order valence-corrected chi connectivity index (χ2v) is 3.40. The maximum absolute atomic E-state index is 13.2. The Morgan fingerprint density at radius 3 is 2.88 bits per heavy atom. The summed E-state index contributed by atoms with van der Waals surface area (Å²) in [7, 11) is 0. The first-order valence-corrected chi connectivity index (χ1v) is 5.57. The van der Waals surface area contributed by atoms with Crippen molar-refractivity contribution >= 4 is 11.6 Å². The first-order chi connectivity index (χ1) is 8.24. The normalized spacial score (nSPS) is 10.2. The molecule has 17 heavy (non-hydrogen) atoms. The molecule has 4 nitrogen and oxygen atoms in total. The van der Waals surface area contributed by atoms with Gasteiger partial charge in [-0.2, -0.15) is 0 Å². The molecule has 1 amide bonds. The Bertz CT molecular complexity index is 358. The maximum Gasteiger partial charge on any atom is 0.238 e. The van der Waals surface area contributed by atoms with Gasteiger partial charge in [0.05, 0.1) is 18.8 Å². The number of rotatable bonds is 7. The van der Waals surface area contributed by atoms with E-state index in [2.05, 4.69) is 10.6 Å². The molecular weight excluding hydrogens is 223 g/mol. The van der Waals surface area contributed by atoms with Gasteiger partial charge in [0.15, 0.2) is 0 Å². The average Bonchev–Trinajstić information content (AvgIpc) is 2.32. The van der Waals surface area contributed by atoms with E-state index in [0.717, 1.165) is 0 Å². The van der Waals surface area contributed by atoms with Crippen LogP contribution >= 0.6 is 0 Å². The number of carbonyl (C=O) groups excluding carboxylic acids is 1. The second-order valence-electron chi connectivity index (χ2n) is 3.40. The number of para-hydroxylation sites is 1. The molecule has 0 aliphatic rings. The van der Waals surface area contributed by atoms with Crippen molar-refractivity contribution in [3.8, 4) is 0 Å². The van der Waals surface area contributed by atoms with Gasteiger partial charge in [0.25, 0.3) is 0 Å². The molecule has 1 aromatic rings. The van der Waals surface area contributed by atoms with E-state index in [0.29, 0.717) is 19.8 Å². The molecule has 0 aliphatic heterocycles. The predicted octanol–water partition coefficient (Wildman–Crippen LogP) is 1.39. The molecule has 0 unspecified atom stereocenters. The van der Waals surface area contributed by atoms with Crippen molar-refractivity contribution in [3.63, 3.8) is 0 Å². The molecule has 0 aromatic heterocycles. The van der Waals surface area contributed by atoms with Crippen LogP contribution in [0.1, 0.15) is 6.92 Å². The van der Waals surface area contributed by atoms with Crippen molar-refractivity contribution in [2.75, 3.05) is 31.6 Å². The molecule has 0 bridgehead atoms. The van der Waals surface area contributed by atoms with E-state index in [1.54, 1.807) is 12.1 Å². The van der Waals surface area contributed by atoms with Crippen LogP contribution in [0.2, 0.25) is 0 Å². The number of hydrogen-bond acceptors (Lipinski definition) is 3. The lowest BCUT2D eigenvalue weighted by Crippen LogP contribution is -2.30. The Kier molecular flexibility index (Phi) is 6.21. The van der Waals surface area contributed by atoms with Gasteiger partial charge in [-0.15, -0.1) is 0 Å². The summed E-state index contributed by atoms with van der Waals surface area (Å²) < 4.78 is 18.3. The van der Waals surface area contributed by atoms with E-state index in [1.165, 1.54) is 12.1 Å². The van der Waals surface area contributed by atoms with Crippen LogP contribution in [0.15, 0.2) is 24.3 Å². The lowest BCUT2D eigenvalue weighted by Gasteiger charge is -2.07. The third kappa shape index (κ3) is 5.42. The zero-order valence-electron chi connectivity index (χ0n) is 9.83. The molecule has 1 aromatic carbocycles. The summed E-state index contributed by atoms with van der Waals surface area (Å²) in [5.74, 6) is -0.707. The van der Waals surface area contributed by atoms with Crippen LogP contribution in [-0.4, -0.2) is 32.2 Å². The standard InChI is InChI=1S/C12H17FN2O2/c1-2-17-8-7-14-9-12(16)15-11-6-4-3-5-10(11)13/h3-6,14H,2,7-9H2,1H3,(H,15,16). The first kappa shape index (κ1) is 13.6. The Balaban J connectivity index is 2.23. The third-order valence-electron chi connectivity index (χ3n) is 2.06. The third-order valence-corrected chi connectivity index (χ3v) is 2.06. The number of anilines is 1. The minimum absolute atomic E-state index is 0.140. The maximum atomic E-state index is 13.2. The summed E-state index contributed by atoms with van der Waals surface area (Å²) in [6.07, 6.45) is 0. The molecule has 5 heteroatoms. The van der Waals surface area contributed by atoms with Crippen LogP contribution in [0.4, 0.5) is 10.1 Å². The van der Waals surface area contributed by atoms with Gasteiger partial charge in [0, 0.05) is 13.2 Å². The van der Waals surface area contributed by atoms with Crippen LogP contribution in [0.3, 0.4) is 0 Å². The van der Waals surface area contributed by atoms with E-state index >= 15 is 0 Å². The first-order valence-electron chi connectivity index (χ1n) is 5.57. The molecule has 0 heterocycles. The summed E-state index contributed by atoms with van der Waals surface area (Å²) in [6, 6.07) is 6.07. The van der Waals surface area contributed by atoms with Crippen molar-refractivity contribution in [3.05, 3.63) is 30.1 Å². The number of halogens is 1. The number of carbonyl (C=O) groups is 1. The van der Waals surface area contributed by atoms with Gasteiger partial charge in [-0.1, -0.05) is 12.1 Å². The van der Waals surface area contributed by atoms with Crippen LogP contribution in [0.25, 0.3) is 0 Å². The molecule has 0 aliphatic carbocycles. The highest BCUT2D eigenvalue weighted by Gasteiger charge is 2.05. The topological polar surface area (TPSA) is 50.4 Å². The van der Waals surface area contributed by atoms with Crippen LogP contribution in [0, 0.1) is 5.82 Å². The SMILES string of the molecule is CCOCCNCC(=O)Nc1ccccc1F. The summed E-state index contributed by atoms with van der Waals surface area (Å²) in [6.45, 7) is 3.86. The molecule has 1 rings (SSSR count). The summed E-state index contributed by atoms with van der Waals surface area (Å²) in [5.41, 5.74) is 0.198. The highest BCUT2D eigenvalue weighted by molar-refractivity contribution is 5.92.